The summed E-state index contributed by atoms with van der Waals surface area (Å²) in [6.45, 7) is 0.695. The van der Waals surface area contributed by atoms with Gasteiger partial charge in [-0.3, -0.25) is 4.79 Å². The Hall–Kier alpha value is -3.08. The molecule has 2 aromatic carbocycles. The molecule has 23 heavy (non-hydrogen) atoms. The first-order chi connectivity index (χ1) is 11.3. The first-order valence-corrected chi connectivity index (χ1v) is 7.54. The van der Waals surface area contributed by atoms with Gasteiger partial charge in [-0.15, -0.1) is 0 Å². The maximum atomic E-state index is 12.2. The van der Waals surface area contributed by atoms with Crippen molar-refractivity contribution >= 4 is 27.8 Å². The molecule has 0 saturated heterocycles. The molecule has 2 heterocycles. The molecule has 4 rings (SSSR count). The molecule has 2 aromatic heterocycles. The standard InChI is InChI=1S/C18H16N4O/c23-18(12-22-10-9-13-5-1-4-8-16(13)22)19-11-17-20-14-6-2-3-7-15(14)21-17/h1-10H,11-12H2,(H,19,23)(H,20,21). The number of rotatable bonds is 4. The lowest BCUT2D eigenvalue weighted by Crippen LogP contribution is -2.27. The van der Waals surface area contributed by atoms with Crippen molar-refractivity contribution < 1.29 is 4.79 Å². The minimum Gasteiger partial charge on any atom is -0.347 e. The summed E-state index contributed by atoms with van der Waals surface area (Å²) in [6.07, 6.45) is 1.94. The van der Waals surface area contributed by atoms with Crippen LogP contribution in [0, 0.1) is 0 Å². The predicted octanol–water partition coefficient (Wildman–Crippen LogP) is 2.83. The highest BCUT2D eigenvalue weighted by atomic mass is 16.1. The van der Waals surface area contributed by atoms with Gasteiger partial charge in [0.25, 0.3) is 0 Å². The monoisotopic (exact) mass is 304 g/mol. The highest BCUT2D eigenvalue weighted by molar-refractivity contribution is 5.83. The van der Waals surface area contributed by atoms with E-state index in [2.05, 4.69) is 15.3 Å². The van der Waals surface area contributed by atoms with Crippen molar-refractivity contribution in [1.29, 1.82) is 0 Å². The molecule has 5 nitrogen and oxygen atoms in total. The van der Waals surface area contributed by atoms with E-state index in [1.165, 1.54) is 0 Å². The summed E-state index contributed by atoms with van der Waals surface area (Å²) >= 11 is 0. The van der Waals surface area contributed by atoms with Gasteiger partial charge in [0.1, 0.15) is 12.4 Å². The summed E-state index contributed by atoms with van der Waals surface area (Å²) in [6, 6.07) is 17.9. The number of H-pyrrole nitrogens is 1. The van der Waals surface area contributed by atoms with Crippen LogP contribution < -0.4 is 5.32 Å². The van der Waals surface area contributed by atoms with Gasteiger partial charge in [0.2, 0.25) is 5.91 Å². The Kier molecular flexibility index (Phi) is 3.31. The molecule has 0 bridgehead atoms. The number of imidazole rings is 1. The van der Waals surface area contributed by atoms with Crippen molar-refractivity contribution in [3.05, 3.63) is 66.6 Å². The molecule has 0 spiro atoms. The lowest BCUT2D eigenvalue weighted by molar-refractivity contribution is -0.121. The van der Waals surface area contributed by atoms with Crippen LogP contribution in [0.3, 0.4) is 0 Å². The van der Waals surface area contributed by atoms with Crippen LogP contribution in [0.1, 0.15) is 5.82 Å². The van der Waals surface area contributed by atoms with Crippen LogP contribution in [-0.2, 0) is 17.9 Å². The molecule has 1 amide bonds. The van der Waals surface area contributed by atoms with Crippen LogP contribution in [0.2, 0.25) is 0 Å². The minimum atomic E-state index is -0.0354. The second kappa shape index (κ2) is 5.61. The lowest BCUT2D eigenvalue weighted by atomic mass is 10.2. The molecule has 0 aliphatic rings. The van der Waals surface area contributed by atoms with E-state index in [1.807, 2.05) is 65.4 Å². The summed E-state index contributed by atoms with van der Waals surface area (Å²) in [5.74, 6) is 0.726. The fourth-order valence-corrected chi connectivity index (χ4v) is 2.76. The van der Waals surface area contributed by atoms with Crippen LogP contribution in [0.4, 0.5) is 0 Å². The zero-order chi connectivity index (χ0) is 15.6. The number of carbonyl (C=O) groups is 1. The first-order valence-electron chi connectivity index (χ1n) is 7.54. The Labute approximate surface area is 133 Å². The van der Waals surface area contributed by atoms with Gasteiger partial charge in [0.15, 0.2) is 0 Å². The van der Waals surface area contributed by atoms with Crippen molar-refractivity contribution in [2.75, 3.05) is 0 Å². The molecule has 0 atom stereocenters. The van der Waals surface area contributed by atoms with Crippen LogP contribution in [0.5, 0.6) is 0 Å². The lowest BCUT2D eigenvalue weighted by Gasteiger charge is -2.06. The Morgan fingerprint density at radius 2 is 1.91 bits per heavy atom. The van der Waals surface area contributed by atoms with Crippen molar-refractivity contribution in [3.8, 4) is 0 Å². The van der Waals surface area contributed by atoms with Crippen LogP contribution in [-0.4, -0.2) is 20.4 Å². The second-order valence-corrected chi connectivity index (χ2v) is 5.48. The molecule has 0 aliphatic heterocycles. The number of hydrogen-bond donors (Lipinski definition) is 2. The molecule has 2 N–H and O–H groups in total. The maximum absolute atomic E-state index is 12.2. The van der Waals surface area contributed by atoms with Crippen molar-refractivity contribution in [1.82, 2.24) is 19.9 Å². The number of para-hydroxylation sites is 3. The summed E-state index contributed by atoms with van der Waals surface area (Å²) in [7, 11) is 0. The minimum absolute atomic E-state index is 0.0354. The average molecular weight is 304 g/mol. The summed E-state index contributed by atoms with van der Waals surface area (Å²) in [4.78, 5) is 19.8. The summed E-state index contributed by atoms with van der Waals surface area (Å²) in [5.41, 5.74) is 2.95. The normalized spacial score (nSPS) is 11.1. The Morgan fingerprint density at radius 1 is 1.09 bits per heavy atom. The van der Waals surface area contributed by atoms with E-state index >= 15 is 0 Å². The third-order valence-electron chi connectivity index (χ3n) is 3.89. The number of aromatic amines is 1. The maximum Gasteiger partial charge on any atom is 0.240 e. The number of fused-ring (bicyclic) bond motifs is 2. The van der Waals surface area contributed by atoms with Gasteiger partial charge in [-0.2, -0.15) is 0 Å². The van der Waals surface area contributed by atoms with Crippen molar-refractivity contribution in [2.24, 2.45) is 0 Å². The number of hydrogen-bond acceptors (Lipinski definition) is 2. The van der Waals surface area contributed by atoms with Gasteiger partial charge < -0.3 is 14.9 Å². The predicted molar refractivity (Wildman–Crippen MR) is 89.9 cm³/mol. The largest absolute Gasteiger partial charge is 0.347 e. The molecule has 4 aromatic rings. The van der Waals surface area contributed by atoms with Crippen LogP contribution >= 0.6 is 0 Å². The molecule has 0 unspecified atom stereocenters. The first kappa shape index (κ1) is 13.6. The summed E-state index contributed by atoms with van der Waals surface area (Å²) in [5, 5.41) is 4.05. The molecule has 0 aliphatic carbocycles. The SMILES string of the molecule is O=C(Cn1ccc2ccccc21)NCc1nc2ccccc2[nH]1. The third-order valence-corrected chi connectivity index (χ3v) is 3.89. The Morgan fingerprint density at radius 3 is 2.83 bits per heavy atom. The van der Waals surface area contributed by atoms with Crippen molar-refractivity contribution in [2.45, 2.75) is 13.1 Å². The number of nitrogens with zero attached hydrogens (tertiary/aromatic N) is 2. The van der Waals surface area contributed by atoms with Gasteiger partial charge in [0.05, 0.1) is 17.6 Å². The molecule has 114 valence electrons. The summed E-state index contributed by atoms with van der Waals surface area (Å²) < 4.78 is 1.95. The highest BCUT2D eigenvalue weighted by Crippen LogP contribution is 2.14. The topological polar surface area (TPSA) is 62.7 Å². The van der Waals surface area contributed by atoms with Gasteiger partial charge in [-0.05, 0) is 29.7 Å². The third kappa shape index (κ3) is 2.68. The zero-order valence-electron chi connectivity index (χ0n) is 12.5. The molecule has 0 fully saturated rings. The smallest absolute Gasteiger partial charge is 0.240 e. The fraction of sp³-hybridized carbons (Fsp3) is 0.111. The van der Waals surface area contributed by atoms with Crippen molar-refractivity contribution in [3.63, 3.8) is 0 Å². The van der Waals surface area contributed by atoms with Crippen LogP contribution in [0.25, 0.3) is 21.9 Å². The molecular weight excluding hydrogens is 288 g/mol. The van der Waals surface area contributed by atoms with Gasteiger partial charge in [-0.25, -0.2) is 4.98 Å². The number of amides is 1. The molecular formula is C18H16N4O. The number of benzene rings is 2. The number of nitrogens with one attached hydrogen (secondary N) is 2. The van der Waals surface area contributed by atoms with Gasteiger partial charge in [-0.1, -0.05) is 30.3 Å². The van der Waals surface area contributed by atoms with Crippen LogP contribution in [0.15, 0.2) is 60.8 Å². The van der Waals surface area contributed by atoms with Gasteiger partial charge in [0, 0.05) is 11.7 Å². The number of carbonyl (C=O) groups excluding carboxylic acids is 1. The fourth-order valence-electron chi connectivity index (χ4n) is 2.76. The van der Waals surface area contributed by atoms with E-state index in [0.717, 1.165) is 27.8 Å². The molecule has 0 radical (unpaired) electrons. The highest BCUT2D eigenvalue weighted by Gasteiger charge is 2.07. The van der Waals surface area contributed by atoms with E-state index in [9.17, 15) is 4.79 Å². The zero-order valence-corrected chi connectivity index (χ0v) is 12.5. The Bertz CT molecular complexity index is 950. The second-order valence-electron chi connectivity index (χ2n) is 5.48. The average Bonchev–Trinajstić information content (AvgIpc) is 3.17. The van der Waals surface area contributed by atoms with E-state index in [1.54, 1.807) is 0 Å². The quantitative estimate of drug-likeness (QED) is 0.609. The number of aromatic nitrogens is 3. The molecule has 5 heteroatoms. The molecule has 0 saturated carbocycles. The van der Waals surface area contributed by atoms with E-state index < -0.39 is 0 Å². The van der Waals surface area contributed by atoms with E-state index in [4.69, 9.17) is 0 Å². The Balaban J connectivity index is 1.43. The van der Waals surface area contributed by atoms with E-state index in [0.29, 0.717) is 13.1 Å². The van der Waals surface area contributed by atoms with E-state index in [-0.39, 0.29) is 5.91 Å². The van der Waals surface area contributed by atoms with Gasteiger partial charge >= 0.3 is 0 Å².